The highest BCUT2D eigenvalue weighted by atomic mass is 16.5. The van der Waals surface area contributed by atoms with E-state index in [1.165, 1.54) is 12.1 Å². The van der Waals surface area contributed by atoms with Gasteiger partial charge in [-0.25, -0.2) is 0 Å². The van der Waals surface area contributed by atoms with Gasteiger partial charge in [0.15, 0.2) is 0 Å². The molecular weight excluding hydrogens is 192 g/mol. The molecule has 2 N–H and O–H groups in total. The molecule has 2 rings (SSSR count). The second-order valence-electron chi connectivity index (χ2n) is 3.24. The number of hydrogen-bond donors (Lipinski definition) is 2. The van der Waals surface area contributed by atoms with E-state index in [2.05, 4.69) is 0 Å². The lowest BCUT2D eigenvalue weighted by Gasteiger charge is -2.07. The quantitative estimate of drug-likeness (QED) is 0.739. The van der Waals surface area contributed by atoms with Crippen molar-refractivity contribution in [3.8, 4) is 17.2 Å². The van der Waals surface area contributed by atoms with E-state index in [1.807, 2.05) is 6.92 Å². The molecule has 78 valence electrons. The maximum Gasteiger partial charge on any atom is 0.123 e. The van der Waals surface area contributed by atoms with E-state index in [0.717, 1.165) is 0 Å². The molecule has 0 amide bonds. The fraction of sp³-hybridized carbons (Fsp3) is 0.167. The van der Waals surface area contributed by atoms with Gasteiger partial charge in [0.25, 0.3) is 0 Å². The van der Waals surface area contributed by atoms with Crippen LogP contribution in [0.4, 0.5) is 0 Å². The number of rotatable bonds is 2. The second kappa shape index (κ2) is 3.69. The van der Waals surface area contributed by atoms with Crippen molar-refractivity contribution in [1.82, 2.24) is 0 Å². The van der Waals surface area contributed by atoms with Crippen molar-refractivity contribution in [2.45, 2.75) is 6.92 Å². The van der Waals surface area contributed by atoms with Crippen LogP contribution in [0.5, 0.6) is 17.2 Å². The number of phenolic OH excluding ortho intramolecular Hbond substituents is 2. The third kappa shape index (κ3) is 1.68. The minimum Gasteiger partial charge on any atom is -0.507 e. The number of ether oxygens (including phenoxy) is 1. The lowest BCUT2D eigenvalue weighted by atomic mass is 10.1. The zero-order valence-electron chi connectivity index (χ0n) is 8.40. The van der Waals surface area contributed by atoms with E-state index in [1.54, 1.807) is 18.2 Å². The fourth-order valence-corrected chi connectivity index (χ4v) is 1.55. The summed E-state index contributed by atoms with van der Waals surface area (Å²) in [4.78, 5) is 0. The van der Waals surface area contributed by atoms with Crippen LogP contribution in [0.15, 0.2) is 30.3 Å². The minimum absolute atomic E-state index is 0.143. The molecule has 0 aliphatic carbocycles. The summed E-state index contributed by atoms with van der Waals surface area (Å²) in [7, 11) is 0. The van der Waals surface area contributed by atoms with Crippen LogP contribution in [0.1, 0.15) is 6.92 Å². The topological polar surface area (TPSA) is 49.7 Å². The van der Waals surface area contributed by atoms with Crippen LogP contribution in [0.2, 0.25) is 0 Å². The van der Waals surface area contributed by atoms with Gasteiger partial charge >= 0.3 is 0 Å². The Kier molecular flexibility index (Phi) is 2.37. The van der Waals surface area contributed by atoms with Gasteiger partial charge in [0.2, 0.25) is 0 Å². The van der Waals surface area contributed by atoms with Crippen LogP contribution in [0.25, 0.3) is 10.8 Å². The van der Waals surface area contributed by atoms with Crippen LogP contribution in [-0.4, -0.2) is 16.8 Å². The summed E-state index contributed by atoms with van der Waals surface area (Å²) in [5.41, 5.74) is 0. The van der Waals surface area contributed by atoms with Gasteiger partial charge in [-0.15, -0.1) is 0 Å². The van der Waals surface area contributed by atoms with E-state index in [0.29, 0.717) is 23.1 Å². The molecule has 0 radical (unpaired) electrons. The SMILES string of the molecule is CCOc1ccc2c(O)ccc(O)c2c1. The van der Waals surface area contributed by atoms with Crippen LogP contribution in [0, 0.1) is 0 Å². The Hall–Kier alpha value is -1.90. The minimum atomic E-state index is 0.143. The van der Waals surface area contributed by atoms with E-state index in [9.17, 15) is 10.2 Å². The van der Waals surface area contributed by atoms with Crippen LogP contribution in [-0.2, 0) is 0 Å². The first-order chi connectivity index (χ1) is 7.22. The molecule has 3 nitrogen and oxygen atoms in total. The maximum atomic E-state index is 9.62. The summed E-state index contributed by atoms with van der Waals surface area (Å²) in [6.45, 7) is 2.47. The van der Waals surface area contributed by atoms with Gasteiger partial charge < -0.3 is 14.9 Å². The zero-order chi connectivity index (χ0) is 10.8. The Balaban J connectivity index is 2.65. The standard InChI is InChI=1S/C12H12O3/c1-2-15-8-3-4-9-10(7-8)12(14)6-5-11(9)13/h3-7,13-14H,2H2,1H3. The van der Waals surface area contributed by atoms with E-state index in [-0.39, 0.29) is 11.5 Å². The zero-order valence-corrected chi connectivity index (χ0v) is 8.40. The Labute approximate surface area is 87.5 Å². The van der Waals surface area contributed by atoms with E-state index in [4.69, 9.17) is 4.74 Å². The lowest BCUT2D eigenvalue weighted by Crippen LogP contribution is -1.90. The molecule has 2 aromatic carbocycles. The lowest BCUT2D eigenvalue weighted by molar-refractivity contribution is 0.340. The number of fused-ring (bicyclic) bond motifs is 1. The van der Waals surface area contributed by atoms with Gasteiger partial charge in [0.1, 0.15) is 17.2 Å². The monoisotopic (exact) mass is 204 g/mol. The molecular formula is C12H12O3. The van der Waals surface area contributed by atoms with Crippen molar-refractivity contribution in [3.63, 3.8) is 0 Å². The van der Waals surface area contributed by atoms with Crippen LogP contribution in [0.3, 0.4) is 0 Å². The molecule has 15 heavy (non-hydrogen) atoms. The molecule has 0 aliphatic heterocycles. The highest BCUT2D eigenvalue weighted by Crippen LogP contribution is 2.33. The third-order valence-electron chi connectivity index (χ3n) is 2.25. The highest BCUT2D eigenvalue weighted by molar-refractivity contribution is 5.93. The molecule has 0 heterocycles. The van der Waals surface area contributed by atoms with E-state index >= 15 is 0 Å². The first-order valence-corrected chi connectivity index (χ1v) is 4.80. The normalized spacial score (nSPS) is 10.5. The van der Waals surface area contributed by atoms with Gasteiger partial charge in [-0.05, 0) is 37.3 Å². The van der Waals surface area contributed by atoms with Gasteiger partial charge in [0.05, 0.1) is 6.61 Å². The number of phenols is 2. The Morgan fingerprint density at radius 3 is 2.33 bits per heavy atom. The van der Waals surface area contributed by atoms with Gasteiger partial charge in [-0.1, -0.05) is 0 Å². The molecule has 0 atom stereocenters. The Bertz CT molecular complexity index is 491. The molecule has 0 saturated heterocycles. The average molecular weight is 204 g/mol. The summed E-state index contributed by atoms with van der Waals surface area (Å²) in [5.74, 6) is 0.987. The van der Waals surface area contributed by atoms with Crippen LogP contribution < -0.4 is 4.74 Å². The summed E-state index contributed by atoms with van der Waals surface area (Å²) in [6.07, 6.45) is 0. The smallest absolute Gasteiger partial charge is 0.123 e. The average Bonchev–Trinajstić information content (AvgIpc) is 2.24. The molecule has 0 fully saturated rings. The Morgan fingerprint density at radius 1 is 1.00 bits per heavy atom. The summed E-state index contributed by atoms with van der Waals surface area (Å²) >= 11 is 0. The van der Waals surface area contributed by atoms with Gasteiger partial charge in [-0.3, -0.25) is 0 Å². The van der Waals surface area contributed by atoms with Crippen molar-refractivity contribution >= 4 is 10.8 Å². The van der Waals surface area contributed by atoms with Crippen LogP contribution >= 0.6 is 0 Å². The van der Waals surface area contributed by atoms with Crippen molar-refractivity contribution in [3.05, 3.63) is 30.3 Å². The first-order valence-electron chi connectivity index (χ1n) is 4.80. The van der Waals surface area contributed by atoms with Gasteiger partial charge in [-0.2, -0.15) is 0 Å². The summed E-state index contributed by atoms with van der Waals surface area (Å²) in [6, 6.07) is 8.15. The summed E-state index contributed by atoms with van der Waals surface area (Å²) < 4.78 is 5.32. The predicted octanol–water partition coefficient (Wildman–Crippen LogP) is 2.65. The molecule has 0 spiro atoms. The Morgan fingerprint density at radius 2 is 1.67 bits per heavy atom. The first kappa shape index (κ1) is 9.65. The molecule has 0 aromatic heterocycles. The summed E-state index contributed by atoms with van der Waals surface area (Å²) in [5, 5.41) is 20.4. The highest BCUT2D eigenvalue weighted by Gasteiger charge is 2.05. The predicted molar refractivity (Wildman–Crippen MR) is 58.4 cm³/mol. The van der Waals surface area contributed by atoms with Crippen molar-refractivity contribution in [2.75, 3.05) is 6.61 Å². The van der Waals surface area contributed by atoms with Gasteiger partial charge in [0, 0.05) is 10.8 Å². The van der Waals surface area contributed by atoms with E-state index < -0.39 is 0 Å². The molecule has 0 bridgehead atoms. The fourth-order valence-electron chi connectivity index (χ4n) is 1.55. The molecule has 2 aromatic rings. The number of hydrogen-bond acceptors (Lipinski definition) is 3. The third-order valence-corrected chi connectivity index (χ3v) is 2.25. The second-order valence-corrected chi connectivity index (χ2v) is 3.24. The van der Waals surface area contributed by atoms with Crippen molar-refractivity contribution in [2.24, 2.45) is 0 Å². The maximum absolute atomic E-state index is 9.62. The molecule has 0 aliphatic rings. The molecule has 0 unspecified atom stereocenters. The van der Waals surface area contributed by atoms with Crippen molar-refractivity contribution < 1.29 is 14.9 Å². The molecule has 3 heteroatoms. The number of benzene rings is 2. The largest absolute Gasteiger partial charge is 0.507 e. The number of aromatic hydroxyl groups is 2. The molecule has 0 saturated carbocycles. The van der Waals surface area contributed by atoms with Crippen molar-refractivity contribution in [1.29, 1.82) is 0 Å².